The fourth-order valence-electron chi connectivity index (χ4n) is 4.26. The molecule has 4 rings (SSSR count). The van der Waals surface area contributed by atoms with Gasteiger partial charge >= 0.3 is 0 Å². The molecule has 3 aromatic rings. The fourth-order valence-corrected chi connectivity index (χ4v) is 5.18. The molecule has 0 bridgehead atoms. The summed E-state index contributed by atoms with van der Waals surface area (Å²) in [5, 5.41) is 12.7. The van der Waals surface area contributed by atoms with Crippen LogP contribution in [0.15, 0.2) is 53.7 Å². The van der Waals surface area contributed by atoms with Crippen molar-refractivity contribution < 1.29 is 4.79 Å². The number of anilines is 1. The molecule has 0 saturated heterocycles. The van der Waals surface area contributed by atoms with Gasteiger partial charge in [-0.1, -0.05) is 87.3 Å². The molecule has 1 aliphatic carbocycles. The first-order chi connectivity index (χ1) is 15.7. The normalized spacial score (nSPS) is 15.5. The molecule has 0 spiro atoms. The average molecular weight is 463 g/mol. The number of thioether (sulfide) groups is 1. The van der Waals surface area contributed by atoms with Crippen molar-refractivity contribution in [3.05, 3.63) is 59.7 Å². The highest BCUT2D eigenvalue weighted by molar-refractivity contribution is 8.00. The standard InChI is InChI=1S/C27H34N4OS/c1-18-10-16-22(17-11-18)28-25(32)19(2)33-26-30-29-24(31(26)23-8-6-7-9-23)20-12-14-21(15-13-20)27(3,4)5/h10-17,19,23H,6-9H2,1-5H3,(H,28,32). The summed E-state index contributed by atoms with van der Waals surface area (Å²) in [5.74, 6) is 0.872. The van der Waals surface area contributed by atoms with E-state index in [-0.39, 0.29) is 16.6 Å². The molecule has 33 heavy (non-hydrogen) atoms. The summed E-state index contributed by atoms with van der Waals surface area (Å²) in [6, 6.07) is 16.9. The van der Waals surface area contributed by atoms with Gasteiger partial charge in [-0.3, -0.25) is 9.36 Å². The van der Waals surface area contributed by atoms with Crippen LogP contribution in [0.2, 0.25) is 0 Å². The van der Waals surface area contributed by atoms with E-state index in [2.05, 4.69) is 65.1 Å². The van der Waals surface area contributed by atoms with Gasteiger partial charge < -0.3 is 5.32 Å². The van der Waals surface area contributed by atoms with Crippen molar-refractivity contribution in [1.29, 1.82) is 0 Å². The topological polar surface area (TPSA) is 59.8 Å². The first kappa shape index (κ1) is 23.6. The highest BCUT2D eigenvalue weighted by atomic mass is 32.2. The highest BCUT2D eigenvalue weighted by Crippen LogP contribution is 2.38. The van der Waals surface area contributed by atoms with Crippen molar-refractivity contribution in [3.8, 4) is 11.4 Å². The number of nitrogens with one attached hydrogen (secondary N) is 1. The Bertz CT molecular complexity index is 1090. The third-order valence-electron chi connectivity index (χ3n) is 6.33. The average Bonchev–Trinajstić information content (AvgIpc) is 3.44. The quantitative estimate of drug-likeness (QED) is 0.410. The first-order valence-electron chi connectivity index (χ1n) is 11.8. The van der Waals surface area contributed by atoms with Crippen molar-refractivity contribution in [1.82, 2.24) is 14.8 Å². The maximum absolute atomic E-state index is 12.9. The van der Waals surface area contributed by atoms with Crippen LogP contribution in [0.25, 0.3) is 11.4 Å². The van der Waals surface area contributed by atoms with Gasteiger partial charge in [0.1, 0.15) is 0 Å². The van der Waals surface area contributed by atoms with E-state index in [0.29, 0.717) is 6.04 Å². The van der Waals surface area contributed by atoms with E-state index < -0.39 is 0 Å². The Labute approximate surface area is 201 Å². The summed E-state index contributed by atoms with van der Waals surface area (Å²) in [5.41, 5.74) is 4.47. The maximum atomic E-state index is 12.9. The van der Waals surface area contributed by atoms with E-state index in [9.17, 15) is 4.79 Å². The number of amides is 1. The van der Waals surface area contributed by atoms with Gasteiger partial charge in [0.05, 0.1) is 5.25 Å². The fraction of sp³-hybridized carbons (Fsp3) is 0.444. The second-order valence-corrected chi connectivity index (χ2v) is 11.4. The van der Waals surface area contributed by atoms with Crippen LogP contribution in [0.1, 0.15) is 70.5 Å². The lowest BCUT2D eigenvalue weighted by molar-refractivity contribution is -0.115. The van der Waals surface area contributed by atoms with Crippen LogP contribution < -0.4 is 5.32 Å². The van der Waals surface area contributed by atoms with Gasteiger partial charge in [0.2, 0.25) is 5.91 Å². The first-order valence-corrected chi connectivity index (χ1v) is 12.7. The molecule has 1 saturated carbocycles. The lowest BCUT2D eigenvalue weighted by Crippen LogP contribution is -2.23. The zero-order valence-electron chi connectivity index (χ0n) is 20.3. The third-order valence-corrected chi connectivity index (χ3v) is 7.39. The predicted molar refractivity (Wildman–Crippen MR) is 137 cm³/mol. The molecule has 1 amide bonds. The second kappa shape index (κ2) is 9.72. The van der Waals surface area contributed by atoms with Crippen LogP contribution in [-0.4, -0.2) is 25.9 Å². The number of benzene rings is 2. The summed E-state index contributed by atoms with van der Waals surface area (Å²) in [6.45, 7) is 10.6. The van der Waals surface area contributed by atoms with Crippen LogP contribution in [0, 0.1) is 6.92 Å². The predicted octanol–water partition coefficient (Wildman–Crippen LogP) is 6.79. The minimum Gasteiger partial charge on any atom is -0.325 e. The molecule has 1 unspecified atom stereocenters. The van der Waals surface area contributed by atoms with E-state index in [1.807, 2.05) is 38.1 Å². The Morgan fingerprint density at radius 1 is 1.03 bits per heavy atom. The number of hydrogen-bond acceptors (Lipinski definition) is 4. The van der Waals surface area contributed by atoms with Gasteiger partial charge in [-0.25, -0.2) is 0 Å². The van der Waals surface area contributed by atoms with Crippen LogP contribution in [0.3, 0.4) is 0 Å². The Balaban J connectivity index is 1.57. The summed E-state index contributed by atoms with van der Waals surface area (Å²) in [4.78, 5) is 12.9. The van der Waals surface area contributed by atoms with Crippen molar-refractivity contribution in [3.63, 3.8) is 0 Å². The van der Waals surface area contributed by atoms with Gasteiger partial charge in [0.15, 0.2) is 11.0 Å². The van der Waals surface area contributed by atoms with E-state index >= 15 is 0 Å². The third kappa shape index (κ3) is 5.49. The molecular formula is C27H34N4OS. The van der Waals surface area contributed by atoms with Crippen LogP contribution in [-0.2, 0) is 10.2 Å². The molecular weight excluding hydrogens is 428 g/mol. The Hall–Kier alpha value is -2.60. The van der Waals surface area contributed by atoms with Crippen molar-refractivity contribution >= 4 is 23.4 Å². The minimum absolute atomic E-state index is 0.0269. The molecule has 1 heterocycles. The molecule has 1 aromatic heterocycles. The molecule has 1 atom stereocenters. The van der Waals surface area contributed by atoms with Crippen LogP contribution >= 0.6 is 11.8 Å². The maximum Gasteiger partial charge on any atom is 0.237 e. The number of carbonyl (C=O) groups excluding carboxylic acids is 1. The lowest BCUT2D eigenvalue weighted by Gasteiger charge is -2.20. The SMILES string of the molecule is Cc1ccc(NC(=O)C(C)Sc2nnc(-c3ccc(C(C)(C)C)cc3)n2C2CCCC2)cc1. The van der Waals surface area contributed by atoms with Crippen molar-refractivity contribution in [2.24, 2.45) is 0 Å². The second-order valence-electron chi connectivity index (χ2n) is 10.1. The number of rotatable bonds is 6. The zero-order valence-corrected chi connectivity index (χ0v) is 21.1. The van der Waals surface area contributed by atoms with Gasteiger partial charge in [-0.05, 0) is 49.8 Å². The minimum atomic E-state index is -0.285. The number of aromatic nitrogens is 3. The number of carbonyl (C=O) groups is 1. The molecule has 0 aliphatic heterocycles. The Morgan fingerprint density at radius 3 is 2.27 bits per heavy atom. The molecule has 174 valence electrons. The van der Waals surface area contributed by atoms with Gasteiger partial charge in [-0.15, -0.1) is 10.2 Å². The number of nitrogens with zero attached hydrogens (tertiary/aromatic N) is 3. The number of hydrogen-bond donors (Lipinski definition) is 1. The van der Waals surface area contributed by atoms with Gasteiger partial charge in [-0.2, -0.15) is 0 Å². The van der Waals surface area contributed by atoms with E-state index in [1.54, 1.807) is 0 Å². The summed E-state index contributed by atoms with van der Waals surface area (Å²) >= 11 is 1.49. The molecule has 6 heteroatoms. The largest absolute Gasteiger partial charge is 0.325 e. The van der Waals surface area contributed by atoms with Crippen molar-refractivity contribution in [2.45, 2.75) is 82.2 Å². The Morgan fingerprint density at radius 2 is 1.67 bits per heavy atom. The van der Waals surface area contributed by atoms with Crippen LogP contribution in [0.5, 0.6) is 0 Å². The summed E-state index contributed by atoms with van der Waals surface area (Å²) in [7, 11) is 0. The van der Waals surface area contributed by atoms with Crippen LogP contribution in [0.4, 0.5) is 5.69 Å². The van der Waals surface area contributed by atoms with E-state index in [4.69, 9.17) is 0 Å². The monoisotopic (exact) mass is 462 g/mol. The highest BCUT2D eigenvalue weighted by Gasteiger charge is 2.27. The van der Waals surface area contributed by atoms with Crippen molar-refractivity contribution in [2.75, 3.05) is 5.32 Å². The molecule has 1 fully saturated rings. The van der Waals surface area contributed by atoms with Gasteiger partial charge in [0.25, 0.3) is 0 Å². The van der Waals surface area contributed by atoms with E-state index in [0.717, 1.165) is 35.1 Å². The molecule has 1 N–H and O–H groups in total. The lowest BCUT2D eigenvalue weighted by atomic mass is 9.86. The Kier molecular flexibility index (Phi) is 6.94. The molecule has 2 aromatic carbocycles. The zero-order chi connectivity index (χ0) is 23.6. The smallest absolute Gasteiger partial charge is 0.237 e. The molecule has 1 aliphatic rings. The molecule has 0 radical (unpaired) electrons. The number of aryl methyl sites for hydroxylation is 1. The summed E-state index contributed by atoms with van der Waals surface area (Å²) < 4.78 is 2.28. The van der Waals surface area contributed by atoms with Gasteiger partial charge in [0, 0.05) is 17.3 Å². The van der Waals surface area contributed by atoms with E-state index in [1.165, 1.54) is 35.7 Å². The summed E-state index contributed by atoms with van der Waals surface area (Å²) in [6.07, 6.45) is 4.70. The molecule has 5 nitrogen and oxygen atoms in total.